The molecule has 15 heavy (non-hydrogen) atoms. The lowest BCUT2D eigenvalue weighted by Gasteiger charge is -1.90. The van der Waals surface area contributed by atoms with Crippen molar-refractivity contribution in [1.29, 1.82) is 0 Å². The van der Waals surface area contributed by atoms with E-state index in [1.165, 1.54) is 11.1 Å². The monoisotopic (exact) mass is 214 g/mol. The lowest BCUT2D eigenvalue weighted by molar-refractivity contribution is 0.186. The Morgan fingerprint density at radius 1 is 1.00 bits per heavy atom. The molecule has 0 aromatic heterocycles. The molecule has 0 spiro atoms. The Bertz CT molecular complexity index is 205. The van der Waals surface area contributed by atoms with Gasteiger partial charge in [0.15, 0.2) is 0 Å². The van der Waals surface area contributed by atoms with Gasteiger partial charge in [0.1, 0.15) is 0 Å². The number of methoxy groups -OCH3 is 1. The second-order valence-electron chi connectivity index (χ2n) is 3.01. The summed E-state index contributed by atoms with van der Waals surface area (Å²) in [5.74, 6) is 0. The Morgan fingerprint density at radius 2 is 1.33 bits per heavy atom. The maximum Gasteiger partial charge on any atom is 0.0662 e. The van der Waals surface area contributed by atoms with Gasteiger partial charge in [-0.25, -0.2) is 0 Å². The zero-order valence-corrected chi connectivity index (χ0v) is 10.0. The fourth-order valence-corrected chi connectivity index (χ4v) is 0.807. The van der Waals surface area contributed by atoms with E-state index in [2.05, 4.69) is 42.8 Å². The van der Waals surface area contributed by atoms with Gasteiger partial charge in [0.2, 0.25) is 0 Å². The van der Waals surface area contributed by atoms with E-state index in [9.17, 15) is 0 Å². The van der Waals surface area contributed by atoms with Gasteiger partial charge in [-0.05, 0) is 13.8 Å². The molecule has 88 valence electrons. The van der Waals surface area contributed by atoms with Crippen LogP contribution >= 0.6 is 0 Å². The SMILES string of the molecule is COC.Cc1cccc(C)c1.OCCO. The smallest absolute Gasteiger partial charge is 0.0662 e. The molecule has 1 aromatic rings. The van der Waals surface area contributed by atoms with E-state index in [4.69, 9.17) is 10.2 Å². The van der Waals surface area contributed by atoms with Gasteiger partial charge in [0.25, 0.3) is 0 Å². The molecular formula is C12H22O3. The molecule has 1 rings (SSSR count). The Hall–Kier alpha value is -0.900. The summed E-state index contributed by atoms with van der Waals surface area (Å²) in [6.07, 6.45) is 0. The first-order valence-electron chi connectivity index (χ1n) is 4.77. The summed E-state index contributed by atoms with van der Waals surface area (Å²) in [6, 6.07) is 8.45. The summed E-state index contributed by atoms with van der Waals surface area (Å²) in [4.78, 5) is 0. The molecule has 0 radical (unpaired) electrons. The maximum atomic E-state index is 7.62. The Morgan fingerprint density at radius 3 is 1.47 bits per heavy atom. The third kappa shape index (κ3) is 15.8. The van der Waals surface area contributed by atoms with Crippen molar-refractivity contribution in [2.75, 3.05) is 27.4 Å². The van der Waals surface area contributed by atoms with Crippen molar-refractivity contribution in [3.8, 4) is 0 Å². The molecule has 0 bridgehead atoms. The Kier molecular flexibility index (Phi) is 14.4. The van der Waals surface area contributed by atoms with Crippen LogP contribution in [-0.4, -0.2) is 37.6 Å². The maximum absolute atomic E-state index is 7.62. The topological polar surface area (TPSA) is 49.7 Å². The van der Waals surface area contributed by atoms with Gasteiger partial charge < -0.3 is 14.9 Å². The molecule has 0 aliphatic rings. The molecule has 2 N–H and O–H groups in total. The lowest BCUT2D eigenvalue weighted by atomic mass is 10.2. The van der Waals surface area contributed by atoms with Crippen molar-refractivity contribution in [2.45, 2.75) is 13.8 Å². The van der Waals surface area contributed by atoms with Gasteiger partial charge in [-0.3, -0.25) is 0 Å². The number of aryl methyl sites for hydroxylation is 2. The fraction of sp³-hybridized carbons (Fsp3) is 0.500. The molecule has 0 atom stereocenters. The first-order chi connectivity index (χ1) is 7.12. The van der Waals surface area contributed by atoms with E-state index in [1.807, 2.05) is 0 Å². The van der Waals surface area contributed by atoms with Crippen LogP contribution in [0.2, 0.25) is 0 Å². The van der Waals surface area contributed by atoms with Crippen molar-refractivity contribution in [2.24, 2.45) is 0 Å². The predicted molar refractivity (Wildman–Crippen MR) is 63.0 cm³/mol. The van der Waals surface area contributed by atoms with Crippen LogP contribution in [0.3, 0.4) is 0 Å². The van der Waals surface area contributed by atoms with E-state index < -0.39 is 0 Å². The average molecular weight is 214 g/mol. The third-order valence-electron chi connectivity index (χ3n) is 1.27. The van der Waals surface area contributed by atoms with Crippen molar-refractivity contribution in [3.05, 3.63) is 35.4 Å². The van der Waals surface area contributed by atoms with Gasteiger partial charge in [-0.15, -0.1) is 0 Å². The zero-order chi connectivity index (χ0) is 12.1. The summed E-state index contributed by atoms with van der Waals surface area (Å²) in [5.41, 5.74) is 2.68. The second-order valence-corrected chi connectivity index (χ2v) is 3.01. The summed E-state index contributed by atoms with van der Waals surface area (Å²) >= 11 is 0. The van der Waals surface area contributed by atoms with Crippen LogP contribution in [0.1, 0.15) is 11.1 Å². The summed E-state index contributed by atoms with van der Waals surface area (Å²) < 4.78 is 4.25. The molecule has 0 saturated carbocycles. The van der Waals surface area contributed by atoms with Crippen molar-refractivity contribution >= 4 is 0 Å². The van der Waals surface area contributed by atoms with Gasteiger partial charge in [0.05, 0.1) is 13.2 Å². The molecule has 3 nitrogen and oxygen atoms in total. The third-order valence-corrected chi connectivity index (χ3v) is 1.27. The highest BCUT2D eigenvalue weighted by Crippen LogP contribution is 2.00. The largest absolute Gasteiger partial charge is 0.394 e. The highest BCUT2D eigenvalue weighted by molar-refractivity contribution is 5.20. The summed E-state index contributed by atoms with van der Waals surface area (Å²) in [5, 5.41) is 15.2. The van der Waals surface area contributed by atoms with Crippen LogP contribution in [-0.2, 0) is 4.74 Å². The van der Waals surface area contributed by atoms with Crippen molar-refractivity contribution < 1.29 is 14.9 Å². The van der Waals surface area contributed by atoms with Gasteiger partial charge >= 0.3 is 0 Å². The number of rotatable bonds is 1. The molecule has 0 amide bonds. The standard InChI is InChI=1S/C8H10.C2H6O2.C2H6O/c1-7-4-3-5-8(2)6-7;3-1-2-4;1-3-2/h3-6H,1-2H3;3-4H,1-2H2;1-2H3. The van der Waals surface area contributed by atoms with Crippen LogP contribution < -0.4 is 0 Å². The predicted octanol–water partition coefficient (Wildman–Crippen LogP) is 1.54. The molecule has 0 heterocycles. The van der Waals surface area contributed by atoms with Crippen LogP contribution in [0, 0.1) is 13.8 Å². The van der Waals surface area contributed by atoms with Gasteiger partial charge in [-0.2, -0.15) is 0 Å². The van der Waals surface area contributed by atoms with E-state index in [0.29, 0.717) is 0 Å². The molecule has 0 unspecified atom stereocenters. The lowest BCUT2D eigenvalue weighted by Crippen LogP contribution is -1.85. The van der Waals surface area contributed by atoms with Crippen LogP contribution in [0.5, 0.6) is 0 Å². The zero-order valence-electron chi connectivity index (χ0n) is 10.0. The first kappa shape index (κ1) is 16.5. The van der Waals surface area contributed by atoms with Gasteiger partial charge in [0, 0.05) is 14.2 Å². The Labute approximate surface area is 92.3 Å². The minimum absolute atomic E-state index is 0.125. The number of hydrogen-bond acceptors (Lipinski definition) is 3. The van der Waals surface area contributed by atoms with Gasteiger partial charge in [-0.1, -0.05) is 35.4 Å². The molecule has 1 aromatic carbocycles. The second kappa shape index (κ2) is 13.1. The van der Waals surface area contributed by atoms with E-state index >= 15 is 0 Å². The van der Waals surface area contributed by atoms with Crippen molar-refractivity contribution in [3.63, 3.8) is 0 Å². The van der Waals surface area contributed by atoms with Crippen LogP contribution in [0.4, 0.5) is 0 Å². The average Bonchev–Trinajstić information content (AvgIpc) is 2.19. The molecular weight excluding hydrogens is 192 g/mol. The number of aliphatic hydroxyl groups excluding tert-OH is 2. The molecule has 3 heteroatoms. The van der Waals surface area contributed by atoms with Crippen LogP contribution in [0.15, 0.2) is 24.3 Å². The number of ether oxygens (including phenoxy) is 1. The van der Waals surface area contributed by atoms with E-state index in [0.717, 1.165) is 0 Å². The van der Waals surface area contributed by atoms with Crippen LogP contribution in [0.25, 0.3) is 0 Å². The molecule has 0 fully saturated rings. The number of hydrogen-bond donors (Lipinski definition) is 2. The Balaban J connectivity index is 0. The fourth-order valence-electron chi connectivity index (χ4n) is 0.807. The number of aliphatic hydroxyl groups is 2. The molecule has 0 aliphatic carbocycles. The minimum atomic E-state index is -0.125. The molecule has 0 saturated heterocycles. The van der Waals surface area contributed by atoms with E-state index in [-0.39, 0.29) is 13.2 Å². The molecule has 0 aliphatic heterocycles. The quantitative estimate of drug-likeness (QED) is 0.745. The van der Waals surface area contributed by atoms with E-state index in [1.54, 1.807) is 14.2 Å². The summed E-state index contributed by atoms with van der Waals surface area (Å²) in [6.45, 7) is 3.96. The highest BCUT2D eigenvalue weighted by atomic mass is 16.4. The minimum Gasteiger partial charge on any atom is -0.394 e. The first-order valence-corrected chi connectivity index (χ1v) is 4.77. The summed E-state index contributed by atoms with van der Waals surface area (Å²) in [7, 11) is 3.25. The number of benzene rings is 1. The van der Waals surface area contributed by atoms with Crippen molar-refractivity contribution in [1.82, 2.24) is 0 Å². The highest BCUT2D eigenvalue weighted by Gasteiger charge is 1.80. The normalized spacial score (nSPS) is 8.13.